The number of esters is 1. The molecule has 1 amide bonds. The molecule has 160 valence electrons. The number of pyridine rings is 1. The molecule has 0 spiro atoms. The van der Waals surface area contributed by atoms with Crippen molar-refractivity contribution in [2.75, 3.05) is 38.2 Å². The maximum Gasteiger partial charge on any atom is 0.393 e. The first kappa shape index (κ1) is 21.5. The minimum atomic E-state index is -4.51. The van der Waals surface area contributed by atoms with Gasteiger partial charge in [0.25, 0.3) is 5.91 Å². The van der Waals surface area contributed by atoms with E-state index >= 15 is 0 Å². The van der Waals surface area contributed by atoms with Gasteiger partial charge in [0, 0.05) is 37.9 Å². The van der Waals surface area contributed by atoms with Crippen LogP contribution in [0.5, 0.6) is 0 Å². The fourth-order valence-electron chi connectivity index (χ4n) is 3.26. The number of amides is 1. The van der Waals surface area contributed by atoms with Gasteiger partial charge < -0.3 is 14.5 Å². The van der Waals surface area contributed by atoms with Gasteiger partial charge in [-0.1, -0.05) is 6.07 Å². The largest absolute Gasteiger partial charge is 0.465 e. The maximum atomic E-state index is 13.6. The molecule has 2 heterocycles. The van der Waals surface area contributed by atoms with Crippen molar-refractivity contribution >= 4 is 17.7 Å². The van der Waals surface area contributed by atoms with Crippen LogP contribution in [0.1, 0.15) is 26.3 Å². The number of benzene rings is 1. The van der Waals surface area contributed by atoms with Crippen LogP contribution in [-0.4, -0.2) is 61.2 Å². The van der Waals surface area contributed by atoms with Gasteiger partial charge >= 0.3 is 12.1 Å². The third-order valence-corrected chi connectivity index (χ3v) is 4.75. The van der Waals surface area contributed by atoms with Crippen molar-refractivity contribution < 1.29 is 31.9 Å². The van der Waals surface area contributed by atoms with Crippen molar-refractivity contribution in [3.8, 4) is 0 Å². The van der Waals surface area contributed by atoms with Crippen molar-refractivity contribution in [3.05, 3.63) is 59.0 Å². The van der Waals surface area contributed by atoms with Gasteiger partial charge in [0.2, 0.25) is 0 Å². The van der Waals surface area contributed by atoms with E-state index in [1.165, 1.54) is 24.3 Å². The first-order valence-electron chi connectivity index (χ1n) is 9.11. The summed E-state index contributed by atoms with van der Waals surface area (Å²) in [4.78, 5) is 31.9. The van der Waals surface area contributed by atoms with Crippen molar-refractivity contribution in [2.24, 2.45) is 0 Å². The van der Waals surface area contributed by atoms with E-state index in [1.54, 1.807) is 6.07 Å². The predicted molar refractivity (Wildman–Crippen MR) is 99.9 cm³/mol. The number of methoxy groups -OCH3 is 1. The number of ether oxygens (including phenoxy) is 1. The molecule has 1 aromatic carbocycles. The number of nitrogens with zero attached hydrogens (tertiary/aromatic N) is 3. The van der Waals surface area contributed by atoms with Gasteiger partial charge in [-0.05, 0) is 29.8 Å². The Bertz CT molecular complexity index is 941. The number of halogens is 4. The number of anilines is 1. The van der Waals surface area contributed by atoms with Crippen LogP contribution in [0, 0.1) is 5.82 Å². The topological polar surface area (TPSA) is 62.7 Å². The lowest BCUT2D eigenvalue weighted by atomic mass is 10.0. The monoisotopic (exact) mass is 425 g/mol. The molecule has 10 heteroatoms. The zero-order valence-electron chi connectivity index (χ0n) is 16.1. The lowest BCUT2D eigenvalue weighted by Crippen LogP contribution is -2.49. The Hall–Kier alpha value is -3.17. The number of carbonyl (C=O) groups is 2. The Morgan fingerprint density at radius 3 is 2.43 bits per heavy atom. The number of carbonyl (C=O) groups excluding carboxylic acids is 2. The summed E-state index contributed by atoms with van der Waals surface area (Å²) >= 11 is 0. The van der Waals surface area contributed by atoms with E-state index in [2.05, 4.69) is 9.72 Å². The smallest absolute Gasteiger partial charge is 0.393 e. The zero-order valence-corrected chi connectivity index (χ0v) is 16.1. The van der Waals surface area contributed by atoms with Crippen LogP contribution in [-0.2, 0) is 11.2 Å². The molecule has 1 aliphatic heterocycles. The molecule has 0 radical (unpaired) electrons. The lowest BCUT2D eigenvalue weighted by Gasteiger charge is -2.35. The summed E-state index contributed by atoms with van der Waals surface area (Å²) in [5, 5.41) is 0. The molecule has 3 rings (SSSR count). The number of alkyl halides is 3. The van der Waals surface area contributed by atoms with Crippen LogP contribution in [0.25, 0.3) is 0 Å². The molecule has 0 aliphatic carbocycles. The molecule has 6 nitrogen and oxygen atoms in total. The molecule has 30 heavy (non-hydrogen) atoms. The van der Waals surface area contributed by atoms with Crippen molar-refractivity contribution in [1.29, 1.82) is 0 Å². The summed E-state index contributed by atoms with van der Waals surface area (Å²) < 4.78 is 56.7. The van der Waals surface area contributed by atoms with Crippen LogP contribution in [0.2, 0.25) is 0 Å². The van der Waals surface area contributed by atoms with Crippen molar-refractivity contribution in [3.63, 3.8) is 0 Å². The van der Waals surface area contributed by atoms with Crippen molar-refractivity contribution in [2.45, 2.75) is 12.6 Å². The highest BCUT2D eigenvalue weighted by molar-refractivity contribution is 5.96. The number of hydrogen-bond acceptors (Lipinski definition) is 5. The summed E-state index contributed by atoms with van der Waals surface area (Å²) in [5.41, 5.74) is -0.215. The number of hydrogen-bond donors (Lipinski definition) is 0. The van der Waals surface area contributed by atoms with Gasteiger partial charge in [-0.15, -0.1) is 0 Å². The molecule has 0 bridgehead atoms. The molecule has 0 N–H and O–H groups in total. The fraction of sp³-hybridized carbons (Fsp3) is 0.350. The average molecular weight is 425 g/mol. The minimum absolute atomic E-state index is 0.213. The summed E-state index contributed by atoms with van der Waals surface area (Å²) in [6.07, 6.45) is -4.35. The van der Waals surface area contributed by atoms with Gasteiger partial charge in [-0.25, -0.2) is 14.2 Å². The van der Waals surface area contributed by atoms with Crippen molar-refractivity contribution in [1.82, 2.24) is 9.88 Å². The Kier molecular flexibility index (Phi) is 6.23. The van der Waals surface area contributed by atoms with Gasteiger partial charge in [0.1, 0.15) is 11.6 Å². The molecule has 0 unspecified atom stereocenters. The normalized spacial score (nSPS) is 14.6. The number of rotatable bonds is 4. The van der Waals surface area contributed by atoms with Crippen LogP contribution < -0.4 is 4.90 Å². The summed E-state index contributed by atoms with van der Waals surface area (Å²) in [7, 11) is 1.27. The van der Waals surface area contributed by atoms with Crippen LogP contribution >= 0.6 is 0 Å². The van der Waals surface area contributed by atoms with Gasteiger partial charge in [0.05, 0.1) is 19.1 Å². The van der Waals surface area contributed by atoms with Gasteiger partial charge in [-0.3, -0.25) is 4.79 Å². The molecule has 1 aliphatic rings. The first-order valence-corrected chi connectivity index (χ1v) is 9.11. The Morgan fingerprint density at radius 2 is 1.80 bits per heavy atom. The van der Waals surface area contributed by atoms with E-state index in [9.17, 15) is 27.2 Å². The van der Waals surface area contributed by atoms with Gasteiger partial charge in [0.15, 0.2) is 0 Å². The van der Waals surface area contributed by atoms with E-state index in [1.807, 2.05) is 4.90 Å². The van der Waals surface area contributed by atoms with Crippen LogP contribution in [0.3, 0.4) is 0 Å². The molecule has 0 atom stereocenters. The second-order valence-electron chi connectivity index (χ2n) is 6.77. The predicted octanol–water partition coefficient (Wildman–Crippen LogP) is 3.07. The molecule has 1 saturated heterocycles. The zero-order chi connectivity index (χ0) is 21.9. The number of piperazine rings is 1. The molecular formula is C20H19F4N3O3. The quantitative estimate of drug-likeness (QED) is 0.557. The molecule has 2 aromatic rings. The highest BCUT2D eigenvalue weighted by atomic mass is 19.4. The fourth-order valence-corrected chi connectivity index (χ4v) is 3.26. The first-order chi connectivity index (χ1) is 14.2. The molecule has 0 saturated carbocycles. The average Bonchev–Trinajstić information content (AvgIpc) is 2.73. The highest BCUT2D eigenvalue weighted by Gasteiger charge is 2.32. The second kappa shape index (κ2) is 8.68. The molecular weight excluding hydrogens is 406 g/mol. The maximum absolute atomic E-state index is 13.6. The van der Waals surface area contributed by atoms with E-state index in [0.717, 1.165) is 18.2 Å². The third kappa shape index (κ3) is 5.05. The van der Waals surface area contributed by atoms with Gasteiger partial charge in [-0.2, -0.15) is 13.2 Å². The van der Waals surface area contributed by atoms with E-state index in [4.69, 9.17) is 0 Å². The third-order valence-electron chi connectivity index (χ3n) is 4.75. The Morgan fingerprint density at radius 1 is 1.10 bits per heavy atom. The molecule has 1 fully saturated rings. The van der Waals surface area contributed by atoms with E-state index in [0.29, 0.717) is 24.5 Å². The lowest BCUT2D eigenvalue weighted by molar-refractivity contribution is -0.127. The van der Waals surface area contributed by atoms with E-state index < -0.39 is 30.3 Å². The summed E-state index contributed by atoms with van der Waals surface area (Å²) in [6.45, 7) is 1.14. The van der Waals surface area contributed by atoms with Crippen LogP contribution in [0.15, 0.2) is 36.5 Å². The molecule has 1 aromatic heterocycles. The minimum Gasteiger partial charge on any atom is -0.465 e. The summed E-state index contributed by atoms with van der Waals surface area (Å²) in [5.74, 6) is -1.40. The SMILES string of the molecule is COC(=O)c1ccnc(N2CCN(C(=O)c3cc(F)ccc3CC(F)(F)F)CC2)c1. The summed E-state index contributed by atoms with van der Waals surface area (Å²) in [6, 6.07) is 5.83. The Balaban J connectivity index is 1.72. The Labute approximate surface area is 170 Å². The number of aromatic nitrogens is 1. The standard InChI is InChI=1S/C20H19F4N3O3/c1-30-19(29)13-4-5-25-17(10-13)26-6-8-27(9-7-26)18(28)16-11-15(21)3-2-14(16)12-20(22,23)24/h2-5,10-11H,6-9,12H2,1H3. The van der Waals surface area contributed by atoms with Crippen LogP contribution in [0.4, 0.5) is 23.4 Å². The highest BCUT2D eigenvalue weighted by Crippen LogP contribution is 2.25. The van der Waals surface area contributed by atoms with E-state index in [-0.39, 0.29) is 24.2 Å². The second-order valence-corrected chi connectivity index (χ2v) is 6.77.